The Hall–Kier alpha value is -4.00. The van der Waals surface area contributed by atoms with Gasteiger partial charge in [0.2, 0.25) is 0 Å². The Labute approximate surface area is 166 Å². The maximum absolute atomic E-state index is 12.9. The van der Waals surface area contributed by atoms with E-state index in [-0.39, 0.29) is 16.7 Å². The number of nitrogens with zero attached hydrogens (tertiary/aromatic N) is 1. The molecule has 0 aromatic heterocycles. The van der Waals surface area contributed by atoms with Crippen molar-refractivity contribution in [3.8, 4) is 5.75 Å². The van der Waals surface area contributed by atoms with Crippen molar-refractivity contribution in [2.45, 2.75) is 13.5 Å². The van der Waals surface area contributed by atoms with E-state index in [1.165, 1.54) is 18.2 Å². The number of nitrogens with one attached hydrogen (secondary N) is 1. The van der Waals surface area contributed by atoms with E-state index in [0.29, 0.717) is 6.54 Å². The fourth-order valence-electron chi connectivity index (χ4n) is 2.83. The molecule has 3 aromatic rings. The lowest BCUT2D eigenvalue weighted by Gasteiger charge is -2.10. The molecule has 0 atom stereocenters. The van der Waals surface area contributed by atoms with Crippen LogP contribution in [0.5, 0.6) is 5.75 Å². The number of carbonyl (C=O) groups excluding carboxylic acids is 2. The quantitative estimate of drug-likeness (QED) is 0.378. The van der Waals surface area contributed by atoms with Gasteiger partial charge in [-0.2, -0.15) is 0 Å². The highest BCUT2D eigenvalue weighted by Gasteiger charge is 2.21. The van der Waals surface area contributed by atoms with Crippen molar-refractivity contribution < 1.29 is 19.6 Å². The smallest absolute Gasteiger partial charge is 0.311 e. The largest absolute Gasteiger partial charge is 0.502 e. The molecule has 146 valence electrons. The molecule has 7 heteroatoms. The molecule has 0 saturated carbocycles. The topological polar surface area (TPSA) is 110 Å². The van der Waals surface area contributed by atoms with Crippen LogP contribution in [0.4, 0.5) is 5.69 Å². The molecule has 3 aromatic carbocycles. The molecule has 0 heterocycles. The molecule has 7 nitrogen and oxygen atoms in total. The molecular formula is C22H18N2O5. The first-order valence-corrected chi connectivity index (χ1v) is 8.81. The number of carbonyl (C=O) groups is 2. The highest BCUT2D eigenvalue weighted by molar-refractivity contribution is 6.15. The van der Waals surface area contributed by atoms with E-state index >= 15 is 0 Å². The van der Waals surface area contributed by atoms with Gasteiger partial charge in [0, 0.05) is 23.7 Å². The number of amides is 1. The molecule has 29 heavy (non-hydrogen) atoms. The van der Waals surface area contributed by atoms with Gasteiger partial charge in [-0.25, -0.2) is 0 Å². The predicted molar refractivity (Wildman–Crippen MR) is 107 cm³/mol. The maximum Gasteiger partial charge on any atom is 0.311 e. The third-order valence-corrected chi connectivity index (χ3v) is 4.42. The van der Waals surface area contributed by atoms with Crippen molar-refractivity contribution >= 4 is 17.4 Å². The molecule has 0 spiro atoms. The van der Waals surface area contributed by atoms with Crippen molar-refractivity contribution in [3.05, 3.63) is 105 Å². The van der Waals surface area contributed by atoms with Crippen LogP contribution in [-0.4, -0.2) is 21.7 Å². The van der Waals surface area contributed by atoms with Crippen molar-refractivity contribution in [2.24, 2.45) is 0 Å². The van der Waals surface area contributed by atoms with E-state index in [1.807, 2.05) is 31.2 Å². The van der Waals surface area contributed by atoms with Gasteiger partial charge in [-0.15, -0.1) is 0 Å². The first kappa shape index (κ1) is 19.8. The highest BCUT2D eigenvalue weighted by Crippen LogP contribution is 2.27. The van der Waals surface area contributed by atoms with Crippen molar-refractivity contribution in [1.29, 1.82) is 0 Å². The zero-order valence-electron chi connectivity index (χ0n) is 15.6. The molecule has 0 aliphatic carbocycles. The number of aromatic hydroxyl groups is 1. The van der Waals surface area contributed by atoms with Crippen LogP contribution in [0.25, 0.3) is 0 Å². The summed E-state index contributed by atoms with van der Waals surface area (Å²) >= 11 is 0. The molecule has 0 saturated heterocycles. The summed E-state index contributed by atoms with van der Waals surface area (Å²) in [7, 11) is 0. The number of phenolic OH excluding ortho intramolecular Hbond substituents is 1. The van der Waals surface area contributed by atoms with E-state index in [4.69, 9.17) is 0 Å². The van der Waals surface area contributed by atoms with Crippen LogP contribution in [0, 0.1) is 17.0 Å². The Bertz CT molecular complexity index is 1090. The minimum absolute atomic E-state index is 0.00767. The number of rotatable bonds is 6. The summed E-state index contributed by atoms with van der Waals surface area (Å²) in [6, 6.07) is 17.3. The highest BCUT2D eigenvalue weighted by atomic mass is 16.6. The summed E-state index contributed by atoms with van der Waals surface area (Å²) in [5, 5.41) is 23.4. The molecule has 0 fully saturated rings. The number of ketones is 1. The van der Waals surface area contributed by atoms with Gasteiger partial charge in [0.15, 0.2) is 11.5 Å². The van der Waals surface area contributed by atoms with Crippen molar-refractivity contribution in [3.63, 3.8) is 0 Å². The fourth-order valence-corrected chi connectivity index (χ4v) is 2.83. The lowest BCUT2D eigenvalue weighted by molar-refractivity contribution is -0.385. The molecular weight excluding hydrogens is 372 g/mol. The minimum Gasteiger partial charge on any atom is -0.502 e. The van der Waals surface area contributed by atoms with E-state index in [0.717, 1.165) is 23.3 Å². The van der Waals surface area contributed by atoms with E-state index in [1.54, 1.807) is 12.1 Å². The second-order valence-corrected chi connectivity index (χ2v) is 6.50. The zero-order chi connectivity index (χ0) is 21.0. The van der Waals surface area contributed by atoms with Crippen LogP contribution >= 0.6 is 0 Å². The zero-order valence-corrected chi connectivity index (χ0v) is 15.6. The molecule has 2 N–H and O–H groups in total. The maximum atomic E-state index is 12.9. The average molecular weight is 390 g/mol. The number of hydrogen-bond acceptors (Lipinski definition) is 5. The summed E-state index contributed by atoms with van der Waals surface area (Å²) in [5.74, 6) is -1.51. The average Bonchev–Trinajstić information content (AvgIpc) is 2.72. The van der Waals surface area contributed by atoms with Gasteiger partial charge in [0.05, 0.1) is 10.5 Å². The van der Waals surface area contributed by atoms with E-state index < -0.39 is 28.1 Å². The summed E-state index contributed by atoms with van der Waals surface area (Å²) in [6.45, 7) is 2.27. The third kappa shape index (κ3) is 4.47. The first-order chi connectivity index (χ1) is 13.9. The second-order valence-electron chi connectivity index (χ2n) is 6.50. The van der Waals surface area contributed by atoms with Crippen LogP contribution in [-0.2, 0) is 6.54 Å². The summed E-state index contributed by atoms with van der Waals surface area (Å²) < 4.78 is 0. The summed E-state index contributed by atoms with van der Waals surface area (Å²) in [5.41, 5.74) is 1.75. The molecule has 3 rings (SSSR count). The summed E-state index contributed by atoms with van der Waals surface area (Å²) in [6.07, 6.45) is 0. The monoisotopic (exact) mass is 390 g/mol. The molecule has 0 radical (unpaired) electrons. The Morgan fingerprint density at radius 1 is 1.00 bits per heavy atom. The van der Waals surface area contributed by atoms with E-state index in [2.05, 4.69) is 5.32 Å². The van der Waals surface area contributed by atoms with Crippen LogP contribution in [0.3, 0.4) is 0 Å². The summed E-state index contributed by atoms with van der Waals surface area (Å²) in [4.78, 5) is 35.8. The normalized spacial score (nSPS) is 10.4. The fraction of sp³-hybridized carbons (Fsp3) is 0.0909. The SMILES string of the molecule is Cc1ccc(CNC(=O)c2ccccc2C(=O)c2ccc(O)c([N+](=O)[O-])c2)cc1. The van der Waals surface area contributed by atoms with Gasteiger partial charge in [0.1, 0.15) is 0 Å². The van der Waals surface area contributed by atoms with Gasteiger partial charge in [-0.05, 0) is 30.7 Å². The molecule has 0 aliphatic heterocycles. The van der Waals surface area contributed by atoms with E-state index in [9.17, 15) is 24.8 Å². The number of nitro groups is 1. The van der Waals surface area contributed by atoms with Crippen LogP contribution in [0.2, 0.25) is 0 Å². The lowest BCUT2D eigenvalue weighted by Crippen LogP contribution is -2.25. The Morgan fingerprint density at radius 3 is 2.31 bits per heavy atom. The van der Waals surface area contributed by atoms with Crippen LogP contribution < -0.4 is 5.32 Å². The Kier molecular flexibility index (Phi) is 5.69. The Morgan fingerprint density at radius 2 is 1.66 bits per heavy atom. The number of nitro benzene ring substituents is 1. The first-order valence-electron chi connectivity index (χ1n) is 8.81. The second kappa shape index (κ2) is 8.35. The molecule has 0 aliphatic rings. The Balaban J connectivity index is 1.85. The lowest BCUT2D eigenvalue weighted by atomic mass is 9.97. The number of phenols is 1. The standard InChI is InChI=1S/C22H18N2O5/c1-14-6-8-15(9-7-14)13-23-22(27)18-5-3-2-4-17(18)21(26)16-10-11-20(25)19(12-16)24(28)29/h2-12,25H,13H2,1H3,(H,23,27). The molecule has 1 amide bonds. The van der Waals surface area contributed by atoms with Gasteiger partial charge < -0.3 is 10.4 Å². The van der Waals surface area contributed by atoms with Gasteiger partial charge >= 0.3 is 5.69 Å². The van der Waals surface area contributed by atoms with Gasteiger partial charge in [-0.3, -0.25) is 19.7 Å². The number of benzene rings is 3. The number of hydrogen-bond donors (Lipinski definition) is 2. The third-order valence-electron chi connectivity index (χ3n) is 4.42. The number of aryl methyl sites for hydroxylation is 1. The van der Waals surface area contributed by atoms with Crippen molar-refractivity contribution in [2.75, 3.05) is 0 Å². The molecule has 0 unspecified atom stereocenters. The van der Waals surface area contributed by atoms with Gasteiger partial charge in [-0.1, -0.05) is 48.0 Å². The minimum atomic E-state index is -0.772. The van der Waals surface area contributed by atoms with Crippen LogP contribution in [0.1, 0.15) is 37.4 Å². The van der Waals surface area contributed by atoms with Gasteiger partial charge in [0.25, 0.3) is 5.91 Å². The van der Waals surface area contributed by atoms with Crippen molar-refractivity contribution in [1.82, 2.24) is 5.32 Å². The van der Waals surface area contributed by atoms with Crippen LogP contribution in [0.15, 0.2) is 66.7 Å². The predicted octanol–water partition coefficient (Wildman–Crippen LogP) is 3.77. The molecule has 0 bridgehead atoms.